The summed E-state index contributed by atoms with van der Waals surface area (Å²) in [6.07, 6.45) is 5.38. The normalized spacial score (nSPS) is 23.4. The summed E-state index contributed by atoms with van der Waals surface area (Å²) in [5.41, 5.74) is 1.54. The minimum atomic E-state index is -0.951. The summed E-state index contributed by atoms with van der Waals surface area (Å²) in [5.74, 6) is -0.667. The van der Waals surface area contributed by atoms with Crippen molar-refractivity contribution in [3.05, 3.63) is 29.3 Å². The van der Waals surface area contributed by atoms with Gasteiger partial charge in [-0.3, -0.25) is 29.4 Å². The molecule has 4 heterocycles. The van der Waals surface area contributed by atoms with Gasteiger partial charge in [-0.05, 0) is 75.5 Å². The van der Waals surface area contributed by atoms with Gasteiger partial charge in [0.1, 0.15) is 6.04 Å². The second-order valence-electron chi connectivity index (χ2n) is 10.5. The predicted molar refractivity (Wildman–Crippen MR) is 134 cm³/mol. The molecule has 0 saturated carbocycles. The fourth-order valence-corrected chi connectivity index (χ4v) is 6.12. The standard InChI is InChI=1S/C27H34N4O6/c1-2-37-27(36)30-13-9-18(10-14-30)15-17-7-11-29(12-8-17)19-3-4-20-21(16-19)26(35)31(25(20)34)22-5-6-23(32)28-24(22)33/h3-4,16-18,22H,2,5-15H2,1H3,(H,28,32,33). The van der Waals surface area contributed by atoms with E-state index in [0.29, 0.717) is 29.6 Å². The van der Waals surface area contributed by atoms with Crippen molar-refractivity contribution < 1.29 is 28.7 Å². The number of benzene rings is 1. The number of ether oxygens (including phenoxy) is 1. The Morgan fingerprint density at radius 1 is 0.919 bits per heavy atom. The topological polar surface area (TPSA) is 116 Å². The molecule has 5 amide bonds. The van der Waals surface area contributed by atoms with Crippen LogP contribution in [0.3, 0.4) is 0 Å². The van der Waals surface area contributed by atoms with Crippen LogP contribution in [0.5, 0.6) is 0 Å². The van der Waals surface area contributed by atoms with E-state index in [4.69, 9.17) is 4.74 Å². The molecule has 10 heteroatoms. The SMILES string of the molecule is CCOC(=O)N1CCC(CC2CCN(c3ccc4c(c3)C(=O)N(C3CCC(=O)NC3=O)C4=O)CC2)CC1. The molecule has 10 nitrogen and oxygen atoms in total. The molecule has 1 atom stereocenters. The second-order valence-corrected chi connectivity index (χ2v) is 10.5. The molecule has 198 valence electrons. The Morgan fingerprint density at radius 2 is 1.57 bits per heavy atom. The highest BCUT2D eigenvalue weighted by molar-refractivity contribution is 6.23. The predicted octanol–water partition coefficient (Wildman–Crippen LogP) is 2.56. The molecule has 0 aliphatic carbocycles. The number of amides is 5. The Hall–Kier alpha value is -3.43. The van der Waals surface area contributed by atoms with Crippen molar-refractivity contribution in [2.75, 3.05) is 37.7 Å². The van der Waals surface area contributed by atoms with E-state index in [9.17, 15) is 24.0 Å². The van der Waals surface area contributed by atoms with Crippen LogP contribution in [-0.4, -0.2) is 78.3 Å². The number of carbonyl (C=O) groups excluding carboxylic acids is 5. The van der Waals surface area contributed by atoms with Crippen LogP contribution in [-0.2, 0) is 14.3 Å². The number of imide groups is 2. The molecule has 4 aliphatic heterocycles. The zero-order valence-corrected chi connectivity index (χ0v) is 21.2. The van der Waals surface area contributed by atoms with E-state index in [2.05, 4.69) is 10.2 Å². The summed E-state index contributed by atoms with van der Waals surface area (Å²) >= 11 is 0. The first-order chi connectivity index (χ1) is 17.9. The summed E-state index contributed by atoms with van der Waals surface area (Å²) in [7, 11) is 0. The molecule has 0 aromatic heterocycles. The molecule has 3 fully saturated rings. The average Bonchev–Trinajstić information content (AvgIpc) is 3.14. The van der Waals surface area contributed by atoms with Crippen molar-refractivity contribution in [1.82, 2.24) is 15.1 Å². The van der Waals surface area contributed by atoms with Gasteiger partial charge < -0.3 is 14.5 Å². The number of fused-ring (bicyclic) bond motifs is 1. The van der Waals surface area contributed by atoms with E-state index in [1.165, 1.54) is 6.42 Å². The zero-order valence-electron chi connectivity index (χ0n) is 21.2. The maximum absolute atomic E-state index is 13.1. The molecule has 4 aliphatic rings. The Labute approximate surface area is 216 Å². The summed E-state index contributed by atoms with van der Waals surface area (Å²) < 4.78 is 5.12. The van der Waals surface area contributed by atoms with Crippen molar-refractivity contribution >= 4 is 35.4 Å². The van der Waals surface area contributed by atoms with Crippen molar-refractivity contribution in [3.8, 4) is 0 Å². The van der Waals surface area contributed by atoms with Crippen molar-refractivity contribution in [3.63, 3.8) is 0 Å². The lowest BCUT2D eigenvalue weighted by molar-refractivity contribution is -0.136. The van der Waals surface area contributed by atoms with Gasteiger partial charge in [-0.25, -0.2) is 4.79 Å². The molecule has 1 N–H and O–H groups in total. The van der Waals surface area contributed by atoms with Gasteiger partial charge in [-0.15, -0.1) is 0 Å². The number of nitrogens with zero attached hydrogens (tertiary/aromatic N) is 3. The summed E-state index contributed by atoms with van der Waals surface area (Å²) in [6, 6.07) is 4.38. The third-order valence-electron chi connectivity index (χ3n) is 8.21. The Balaban J connectivity index is 1.15. The highest BCUT2D eigenvalue weighted by Gasteiger charge is 2.44. The molecule has 1 unspecified atom stereocenters. The first-order valence-electron chi connectivity index (χ1n) is 13.4. The Bertz CT molecular complexity index is 1100. The minimum Gasteiger partial charge on any atom is -0.450 e. The average molecular weight is 511 g/mol. The second kappa shape index (κ2) is 10.5. The van der Waals surface area contributed by atoms with Gasteiger partial charge in [-0.2, -0.15) is 0 Å². The largest absolute Gasteiger partial charge is 0.450 e. The van der Waals surface area contributed by atoms with E-state index in [1.807, 2.05) is 17.9 Å². The molecule has 3 saturated heterocycles. The quantitative estimate of drug-likeness (QED) is 0.605. The first-order valence-corrected chi connectivity index (χ1v) is 13.4. The Morgan fingerprint density at radius 3 is 2.22 bits per heavy atom. The number of nitrogens with one attached hydrogen (secondary N) is 1. The fourth-order valence-electron chi connectivity index (χ4n) is 6.12. The van der Waals surface area contributed by atoms with Crippen LogP contribution >= 0.6 is 0 Å². The number of piperidine rings is 3. The number of likely N-dealkylation sites (tertiary alicyclic amines) is 1. The van der Waals surface area contributed by atoms with Crippen LogP contribution < -0.4 is 10.2 Å². The maximum Gasteiger partial charge on any atom is 0.409 e. The summed E-state index contributed by atoms with van der Waals surface area (Å²) in [5, 5.41) is 2.23. The van der Waals surface area contributed by atoms with E-state index in [0.717, 1.165) is 62.4 Å². The van der Waals surface area contributed by atoms with E-state index in [-0.39, 0.29) is 24.8 Å². The van der Waals surface area contributed by atoms with Gasteiger partial charge in [0.25, 0.3) is 11.8 Å². The van der Waals surface area contributed by atoms with Crippen molar-refractivity contribution in [1.29, 1.82) is 0 Å². The van der Waals surface area contributed by atoms with E-state index in [1.54, 1.807) is 12.1 Å². The van der Waals surface area contributed by atoms with Gasteiger partial charge in [0.15, 0.2) is 0 Å². The highest BCUT2D eigenvalue weighted by Crippen LogP contribution is 2.34. The fraction of sp³-hybridized carbons (Fsp3) is 0.593. The third-order valence-corrected chi connectivity index (χ3v) is 8.21. The third kappa shape index (κ3) is 5.06. The maximum atomic E-state index is 13.1. The van der Waals surface area contributed by atoms with Crippen LogP contribution in [0.15, 0.2) is 18.2 Å². The van der Waals surface area contributed by atoms with E-state index >= 15 is 0 Å². The molecule has 37 heavy (non-hydrogen) atoms. The highest BCUT2D eigenvalue weighted by atomic mass is 16.6. The van der Waals surface area contributed by atoms with Crippen molar-refractivity contribution in [2.45, 2.75) is 57.9 Å². The monoisotopic (exact) mass is 510 g/mol. The Kier molecular flexibility index (Phi) is 7.17. The minimum absolute atomic E-state index is 0.106. The molecule has 5 rings (SSSR count). The van der Waals surface area contributed by atoms with Crippen LogP contribution in [0.1, 0.15) is 72.6 Å². The molecular formula is C27H34N4O6. The van der Waals surface area contributed by atoms with Gasteiger partial charge >= 0.3 is 6.09 Å². The lowest BCUT2D eigenvalue weighted by Crippen LogP contribution is -2.54. The summed E-state index contributed by atoms with van der Waals surface area (Å²) in [6.45, 7) is 5.52. The van der Waals surface area contributed by atoms with Crippen LogP contribution in [0.4, 0.5) is 10.5 Å². The number of carbonyl (C=O) groups is 5. The van der Waals surface area contributed by atoms with Crippen LogP contribution in [0.25, 0.3) is 0 Å². The number of hydrogen-bond donors (Lipinski definition) is 1. The molecule has 0 spiro atoms. The lowest BCUT2D eigenvalue weighted by Gasteiger charge is -2.37. The van der Waals surface area contributed by atoms with Crippen LogP contribution in [0.2, 0.25) is 0 Å². The van der Waals surface area contributed by atoms with Gasteiger partial charge in [-0.1, -0.05) is 0 Å². The number of hydrogen-bond acceptors (Lipinski definition) is 7. The molecule has 0 radical (unpaired) electrons. The molecule has 1 aromatic carbocycles. The molecule has 1 aromatic rings. The zero-order chi connectivity index (χ0) is 26.1. The number of rotatable bonds is 5. The smallest absolute Gasteiger partial charge is 0.409 e. The first kappa shape index (κ1) is 25.2. The number of anilines is 1. The summed E-state index contributed by atoms with van der Waals surface area (Å²) in [4.78, 5) is 66.8. The van der Waals surface area contributed by atoms with E-state index < -0.39 is 23.8 Å². The lowest BCUT2D eigenvalue weighted by atomic mass is 9.83. The van der Waals surface area contributed by atoms with Crippen LogP contribution in [0, 0.1) is 11.8 Å². The van der Waals surface area contributed by atoms with Gasteiger partial charge in [0.05, 0.1) is 17.7 Å². The van der Waals surface area contributed by atoms with Gasteiger partial charge in [0, 0.05) is 38.3 Å². The van der Waals surface area contributed by atoms with Crippen molar-refractivity contribution in [2.24, 2.45) is 11.8 Å². The molecular weight excluding hydrogens is 476 g/mol. The van der Waals surface area contributed by atoms with Gasteiger partial charge in [0.2, 0.25) is 11.8 Å². The molecule has 0 bridgehead atoms.